The smallest absolute Gasteiger partial charge is 0.238 e. The lowest BCUT2D eigenvalue weighted by Crippen LogP contribution is -2.37. The zero-order valence-electron chi connectivity index (χ0n) is 9.82. The summed E-state index contributed by atoms with van der Waals surface area (Å²) in [5.41, 5.74) is 1.70. The first-order valence-corrected chi connectivity index (χ1v) is 6.14. The summed E-state index contributed by atoms with van der Waals surface area (Å²) in [5.74, 6) is -0.396. The number of amides is 2. The Morgan fingerprint density at radius 2 is 2.12 bits per heavy atom. The zero-order valence-corrected chi connectivity index (χ0v) is 9.82. The SMILES string of the molecule is CC[C@H]1C(=O)NC(=O)[C@]12CCc1ccccc12. The lowest BCUT2D eigenvalue weighted by atomic mass is 9.71. The number of carbonyl (C=O) groups excluding carboxylic acids is 2. The molecule has 2 aliphatic rings. The second-order valence-corrected chi connectivity index (χ2v) is 4.91. The van der Waals surface area contributed by atoms with Crippen molar-refractivity contribution in [2.24, 2.45) is 5.92 Å². The van der Waals surface area contributed by atoms with Crippen LogP contribution < -0.4 is 5.32 Å². The number of fused-ring (bicyclic) bond motifs is 2. The van der Waals surface area contributed by atoms with Crippen LogP contribution in [0.1, 0.15) is 30.9 Å². The summed E-state index contributed by atoms with van der Waals surface area (Å²) >= 11 is 0. The summed E-state index contributed by atoms with van der Waals surface area (Å²) in [6.45, 7) is 1.98. The van der Waals surface area contributed by atoms with Gasteiger partial charge in [0.25, 0.3) is 0 Å². The molecule has 1 fully saturated rings. The Hall–Kier alpha value is -1.64. The molecule has 3 heteroatoms. The summed E-state index contributed by atoms with van der Waals surface area (Å²) in [6, 6.07) is 8.01. The molecule has 0 aromatic heterocycles. The van der Waals surface area contributed by atoms with Crippen molar-refractivity contribution in [3.63, 3.8) is 0 Å². The lowest BCUT2D eigenvalue weighted by molar-refractivity contribution is -0.126. The Morgan fingerprint density at radius 3 is 2.88 bits per heavy atom. The van der Waals surface area contributed by atoms with Crippen molar-refractivity contribution in [2.45, 2.75) is 31.6 Å². The normalized spacial score (nSPS) is 30.8. The van der Waals surface area contributed by atoms with Crippen molar-refractivity contribution in [3.8, 4) is 0 Å². The van der Waals surface area contributed by atoms with Gasteiger partial charge in [0.05, 0.1) is 11.3 Å². The van der Waals surface area contributed by atoms with Crippen molar-refractivity contribution in [1.82, 2.24) is 5.32 Å². The number of imide groups is 1. The summed E-state index contributed by atoms with van der Waals surface area (Å²) < 4.78 is 0. The lowest BCUT2D eigenvalue weighted by Gasteiger charge is -2.26. The monoisotopic (exact) mass is 229 g/mol. The van der Waals surface area contributed by atoms with Crippen LogP contribution in [0.4, 0.5) is 0 Å². The third-order valence-electron chi connectivity index (χ3n) is 4.25. The van der Waals surface area contributed by atoms with E-state index in [0.29, 0.717) is 6.42 Å². The van der Waals surface area contributed by atoms with Gasteiger partial charge in [0.1, 0.15) is 0 Å². The second-order valence-electron chi connectivity index (χ2n) is 4.91. The van der Waals surface area contributed by atoms with Crippen molar-refractivity contribution >= 4 is 11.8 Å². The van der Waals surface area contributed by atoms with E-state index in [2.05, 4.69) is 11.4 Å². The van der Waals surface area contributed by atoms with Crippen LogP contribution in [-0.4, -0.2) is 11.8 Å². The molecule has 0 bridgehead atoms. The number of hydrogen-bond acceptors (Lipinski definition) is 2. The van der Waals surface area contributed by atoms with E-state index in [0.717, 1.165) is 18.4 Å². The number of benzene rings is 1. The van der Waals surface area contributed by atoms with E-state index in [4.69, 9.17) is 0 Å². The Morgan fingerprint density at radius 1 is 1.35 bits per heavy atom. The van der Waals surface area contributed by atoms with Crippen LogP contribution >= 0.6 is 0 Å². The van der Waals surface area contributed by atoms with Gasteiger partial charge in [0.15, 0.2) is 0 Å². The fourth-order valence-electron chi connectivity index (χ4n) is 3.46. The zero-order chi connectivity index (χ0) is 12.0. The van der Waals surface area contributed by atoms with Gasteiger partial charge in [0.2, 0.25) is 11.8 Å². The van der Waals surface area contributed by atoms with E-state index >= 15 is 0 Å². The minimum absolute atomic E-state index is 0.0979. The number of rotatable bonds is 1. The fourth-order valence-corrected chi connectivity index (χ4v) is 3.46. The van der Waals surface area contributed by atoms with Crippen LogP contribution in [-0.2, 0) is 21.4 Å². The number of aryl methyl sites for hydroxylation is 1. The third-order valence-corrected chi connectivity index (χ3v) is 4.25. The van der Waals surface area contributed by atoms with Crippen LogP contribution in [0.25, 0.3) is 0 Å². The number of carbonyl (C=O) groups is 2. The molecule has 2 amide bonds. The average molecular weight is 229 g/mol. The van der Waals surface area contributed by atoms with E-state index in [-0.39, 0.29) is 17.7 Å². The molecule has 0 unspecified atom stereocenters. The van der Waals surface area contributed by atoms with Gasteiger partial charge in [0, 0.05) is 0 Å². The maximum atomic E-state index is 12.2. The van der Waals surface area contributed by atoms with E-state index in [1.807, 2.05) is 25.1 Å². The molecule has 0 radical (unpaired) electrons. The molecule has 88 valence electrons. The minimum Gasteiger partial charge on any atom is -0.295 e. The van der Waals surface area contributed by atoms with Gasteiger partial charge in [-0.1, -0.05) is 31.2 Å². The van der Waals surface area contributed by atoms with Crippen molar-refractivity contribution in [1.29, 1.82) is 0 Å². The summed E-state index contributed by atoms with van der Waals surface area (Å²) in [6.07, 6.45) is 2.38. The summed E-state index contributed by atoms with van der Waals surface area (Å²) in [5, 5.41) is 2.51. The quantitative estimate of drug-likeness (QED) is 0.743. The van der Waals surface area contributed by atoms with Crippen LogP contribution in [0.5, 0.6) is 0 Å². The van der Waals surface area contributed by atoms with Crippen LogP contribution in [0.3, 0.4) is 0 Å². The molecule has 1 aliphatic heterocycles. The predicted molar refractivity (Wildman–Crippen MR) is 63.4 cm³/mol. The standard InChI is InChI=1S/C14H15NO2/c1-2-10-12(16)15-13(17)14(10)8-7-9-5-3-4-6-11(9)14/h3-6,10H,2,7-8H2,1H3,(H,15,16,17)/t10-,14+/m0/s1. The number of nitrogens with one attached hydrogen (secondary N) is 1. The molecule has 1 spiro atoms. The van der Waals surface area contributed by atoms with Gasteiger partial charge in [-0.15, -0.1) is 0 Å². The van der Waals surface area contributed by atoms with Crippen molar-refractivity contribution in [2.75, 3.05) is 0 Å². The van der Waals surface area contributed by atoms with E-state index in [1.54, 1.807) is 0 Å². The predicted octanol–water partition coefficient (Wildman–Crippen LogP) is 1.55. The molecule has 17 heavy (non-hydrogen) atoms. The molecular weight excluding hydrogens is 214 g/mol. The van der Waals surface area contributed by atoms with Crippen molar-refractivity contribution < 1.29 is 9.59 Å². The molecule has 1 aromatic carbocycles. The summed E-state index contributed by atoms with van der Waals surface area (Å²) in [7, 11) is 0. The van der Waals surface area contributed by atoms with Gasteiger partial charge in [-0.25, -0.2) is 0 Å². The molecule has 1 aromatic rings. The topological polar surface area (TPSA) is 46.2 Å². The number of hydrogen-bond donors (Lipinski definition) is 1. The largest absolute Gasteiger partial charge is 0.295 e. The molecular formula is C14H15NO2. The highest BCUT2D eigenvalue weighted by Gasteiger charge is 2.57. The molecule has 3 rings (SSSR count). The van der Waals surface area contributed by atoms with Crippen LogP contribution in [0.15, 0.2) is 24.3 Å². The highest BCUT2D eigenvalue weighted by atomic mass is 16.2. The van der Waals surface area contributed by atoms with Gasteiger partial charge in [-0.3, -0.25) is 14.9 Å². The highest BCUT2D eigenvalue weighted by molar-refractivity contribution is 6.11. The second kappa shape index (κ2) is 3.42. The Bertz CT molecular complexity index is 509. The fraction of sp³-hybridized carbons (Fsp3) is 0.429. The van der Waals surface area contributed by atoms with Crippen LogP contribution in [0.2, 0.25) is 0 Å². The minimum atomic E-state index is -0.581. The first-order chi connectivity index (χ1) is 8.20. The molecule has 1 aliphatic carbocycles. The maximum Gasteiger partial charge on any atom is 0.238 e. The molecule has 2 atom stereocenters. The van der Waals surface area contributed by atoms with Gasteiger partial charge in [-0.05, 0) is 30.4 Å². The maximum absolute atomic E-state index is 12.2. The summed E-state index contributed by atoms with van der Waals surface area (Å²) in [4.78, 5) is 24.1. The molecule has 3 nitrogen and oxygen atoms in total. The Balaban J connectivity index is 2.20. The van der Waals surface area contributed by atoms with E-state index in [1.165, 1.54) is 5.56 Å². The molecule has 0 saturated carbocycles. The molecule has 1 N–H and O–H groups in total. The first kappa shape index (κ1) is 10.5. The molecule has 1 saturated heterocycles. The van der Waals surface area contributed by atoms with Gasteiger partial charge >= 0.3 is 0 Å². The Kier molecular flexibility index (Phi) is 2.12. The van der Waals surface area contributed by atoms with Crippen molar-refractivity contribution in [3.05, 3.63) is 35.4 Å². The Labute approximate surface area is 100 Å². The average Bonchev–Trinajstić information content (AvgIpc) is 2.82. The first-order valence-electron chi connectivity index (χ1n) is 6.14. The van der Waals surface area contributed by atoms with E-state index in [9.17, 15) is 9.59 Å². The third kappa shape index (κ3) is 1.17. The molecule has 1 heterocycles. The van der Waals surface area contributed by atoms with Gasteiger partial charge in [-0.2, -0.15) is 0 Å². The van der Waals surface area contributed by atoms with Gasteiger partial charge < -0.3 is 0 Å². The van der Waals surface area contributed by atoms with E-state index < -0.39 is 5.41 Å². The van der Waals surface area contributed by atoms with Crippen LogP contribution in [0, 0.1) is 5.92 Å². The highest BCUT2D eigenvalue weighted by Crippen LogP contribution is 2.48.